The van der Waals surface area contributed by atoms with Crippen LogP contribution in [0, 0.1) is 12.7 Å². The number of ether oxygens (including phenoxy) is 1. The fraction of sp³-hybridized carbons (Fsp3) is 0.273. The molecule has 0 fully saturated rings. The molecule has 0 radical (unpaired) electrons. The lowest BCUT2D eigenvalue weighted by Gasteiger charge is -2.35. The van der Waals surface area contributed by atoms with Crippen LogP contribution in [-0.2, 0) is 12.6 Å². The number of aryl methyl sites for hydroxylation is 2. The first-order chi connectivity index (χ1) is 13.8. The van der Waals surface area contributed by atoms with E-state index in [4.69, 9.17) is 4.74 Å². The first kappa shape index (κ1) is 17.7. The molecule has 0 unspecified atom stereocenters. The Labute approximate surface area is 167 Å². The zero-order valence-corrected chi connectivity index (χ0v) is 17.0. The lowest BCUT2D eigenvalue weighted by Crippen LogP contribution is -2.36. The largest absolute Gasteiger partial charge is 0.494 e. The minimum absolute atomic E-state index is 0.337. The molecule has 6 nitrogen and oxygen atoms in total. The number of fused-ring (bicyclic) bond motifs is 4. The summed E-state index contributed by atoms with van der Waals surface area (Å²) in [6.45, 7) is 5.78. The van der Waals surface area contributed by atoms with Crippen LogP contribution in [0.15, 0.2) is 36.5 Å². The summed E-state index contributed by atoms with van der Waals surface area (Å²) in [5.74, 6) is 1.65. The van der Waals surface area contributed by atoms with Crippen LogP contribution in [0.25, 0.3) is 27.7 Å². The molecule has 0 saturated heterocycles. The maximum absolute atomic E-state index is 15.4. The Morgan fingerprint density at radius 3 is 2.69 bits per heavy atom. The van der Waals surface area contributed by atoms with Crippen molar-refractivity contribution < 1.29 is 9.13 Å². The maximum Gasteiger partial charge on any atom is 0.162 e. The molecule has 0 spiro atoms. The van der Waals surface area contributed by atoms with E-state index in [0.29, 0.717) is 28.5 Å². The average Bonchev–Trinajstić information content (AvgIpc) is 3.26. The van der Waals surface area contributed by atoms with Crippen LogP contribution in [0.3, 0.4) is 0 Å². The van der Waals surface area contributed by atoms with Crippen molar-refractivity contribution in [2.45, 2.75) is 26.3 Å². The van der Waals surface area contributed by atoms with Crippen molar-refractivity contribution in [1.29, 1.82) is 0 Å². The van der Waals surface area contributed by atoms with Crippen molar-refractivity contribution >= 4 is 16.6 Å². The van der Waals surface area contributed by atoms with Crippen molar-refractivity contribution in [1.82, 2.24) is 19.3 Å². The van der Waals surface area contributed by atoms with Gasteiger partial charge >= 0.3 is 0 Å². The smallest absolute Gasteiger partial charge is 0.162 e. The highest BCUT2D eigenvalue weighted by atomic mass is 19.1. The molecule has 4 aromatic rings. The van der Waals surface area contributed by atoms with Crippen molar-refractivity contribution in [3.05, 3.63) is 54.0 Å². The second-order valence-corrected chi connectivity index (χ2v) is 7.98. The molecule has 2 aromatic heterocycles. The second kappa shape index (κ2) is 5.83. The monoisotopic (exact) mass is 391 g/mol. The van der Waals surface area contributed by atoms with E-state index in [0.717, 1.165) is 22.3 Å². The van der Waals surface area contributed by atoms with Gasteiger partial charge in [0.1, 0.15) is 17.3 Å². The zero-order chi connectivity index (χ0) is 20.5. The summed E-state index contributed by atoms with van der Waals surface area (Å²) >= 11 is 0. The normalized spacial score (nSPS) is 14.4. The molecule has 1 aliphatic rings. The van der Waals surface area contributed by atoms with Crippen molar-refractivity contribution in [3.63, 3.8) is 0 Å². The predicted octanol–water partition coefficient (Wildman–Crippen LogP) is 4.54. The summed E-state index contributed by atoms with van der Waals surface area (Å²) in [4.78, 5) is 0. The van der Waals surface area contributed by atoms with E-state index >= 15 is 4.39 Å². The third-order valence-electron chi connectivity index (χ3n) is 5.67. The summed E-state index contributed by atoms with van der Waals surface area (Å²) in [7, 11) is 3.61. The molecule has 1 aliphatic heterocycles. The van der Waals surface area contributed by atoms with Gasteiger partial charge in [-0.15, -0.1) is 10.2 Å². The van der Waals surface area contributed by atoms with Gasteiger partial charge in [0.25, 0.3) is 0 Å². The van der Waals surface area contributed by atoms with Gasteiger partial charge in [-0.3, -0.25) is 4.57 Å². The van der Waals surface area contributed by atoms with Gasteiger partial charge in [0.05, 0.1) is 18.3 Å². The van der Waals surface area contributed by atoms with Crippen molar-refractivity contribution in [2.24, 2.45) is 7.05 Å². The van der Waals surface area contributed by atoms with Gasteiger partial charge in [-0.05, 0) is 44.5 Å². The van der Waals surface area contributed by atoms with E-state index in [9.17, 15) is 0 Å². The maximum atomic E-state index is 15.4. The van der Waals surface area contributed by atoms with Crippen LogP contribution in [-0.4, -0.2) is 26.4 Å². The fourth-order valence-electron chi connectivity index (χ4n) is 4.30. The minimum atomic E-state index is -0.568. The Hall–Kier alpha value is -3.35. The predicted molar refractivity (Wildman–Crippen MR) is 111 cm³/mol. The third kappa shape index (κ3) is 2.33. The van der Waals surface area contributed by atoms with E-state index in [1.54, 1.807) is 13.2 Å². The van der Waals surface area contributed by atoms with Gasteiger partial charge in [-0.25, -0.2) is 4.39 Å². The van der Waals surface area contributed by atoms with Crippen molar-refractivity contribution in [3.8, 4) is 22.6 Å². The summed E-state index contributed by atoms with van der Waals surface area (Å²) in [6, 6.07) is 9.61. The molecule has 0 atom stereocenters. The lowest BCUT2D eigenvalue weighted by atomic mass is 9.95. The standard InChI is InChI=1S/C22H22FN5O/c1-12-25-26-21-22(2,3)24-18-16(23)11-15(20(29-5)19(18)28(12)21)13-7-6-8-17-14(13)9-10-27(17)4/h6-11,24H,1-5H3. The highest BCUT2D eigenvalue weighted by molar-refractivity contribution is 5.99. The zero-order valence-electron chi connectivity index (χ0n) is 17.0. The quantitative estimate of drug-likeness (QED) is 0.545. The van der Waals surface area contributed by atoms with Gasteiger partial charge in [-0.1, -0.05) is 12.1 Å². The Morgan fingerprint density at radius 1 is 1.14 bits per heavy atom. The van der Waals surface area contributed by atoms with E-state index in [1.165, 1.54) is 0 Å². The highest BCUT2D eigenvalue weighted by Gasteiger charge is 2.38. The number of hydrogen-bond donors (Lipinski definition) is 1. The molecular formula is C22H22FN5O. The fourth-order valence-corrected chi connectivity index (χ4v) is 4.30. The topological polar surface area (TPSA) is 56.9 Å². The number of methoxy groups -OCH3 is 1. The number of halogens is 1. The van der Waals surface area contributed by atoms with E-state index < -0.39 is 5.54 Å². The van der Waals surface area contributed by atoms with Gasteiger partial charge in [0.15, 0.2) is 11.6 Å². The number of nitrogens with zero attached hydrogens (tertiary/aromatic N) is 4. The lowest BCUT2D eigenvalue weighted by molar-refractivity contribution is 0.409. The van der Waals surface area contributed by atoms with Gasteiger partial charge in [-0.2, -0.15) is 0 Å². The molecule has 0 bridgehead atoms. The number of hydrogen-bond acceptors (Lipinski definition) is 4. The Kier molecular flexibility index (Phi) is 3.56. The molecular weight excluding hydrogens is 369 g/mol. The minimum Gasteiger partial charge on any atom is -0.494 e. The van der Waals surface area contributed by atoms with Crippen molar-refractivity contribution in [2.75, 3.05) is 12.4 Å². The molecule has 3 heterocycles. The van der Waals surface area contributed by atoms with Crippen LogP contribution in [0.2, 0.25) is 0 Å². The van der Waals surface area contributed by atoms with Gasteiger partial charge in [0.2, 0.25) is 0 Å². The number of anilines is 1. The summed E-state index contributed by atoms with van der Waals surface area (Å²) in [6.07, 6.45) is 2.00. The molecule has 1 N–H and O–H groups in total. The highest BCUT2D eigenvalue weighted by Crippen LogP contribution is 2.48. The third-order valence-corrected chi connectivity index (χ3v) is 5.67. The summed E-state index contributed by atoms with van der Waals surface area (Å²) in [5.41, 5.74) is 3.11. The average molecular weight is 391 g/mol. The molecule has 5 rings (SSSR count). The molecule has 0 saturated carbocycles. The number of nitrogens with one attached hydrogen (secondary N) is 1. The van der Waals surface area contributed by atoms with E-state index in [-0.39, 0.29) is 5.82 Å². The first-order valence-corrected chi connectivity index (χ1v) is 9.49. The SMILES string of the molecule is COc1c(-c2cccc3c2ccn3C)cc(F)c2c1-n1c(C)nnc1C(C)(C)N2. The van der Waals surface area contributed by atoms with Gasteiger partial charge < -0.3 is 14.6 Å². The molecule has 148 valence electrons. The van der Waals surface area contributed by atoms with Crippen LogP contribution in [0.5, 0.6) is 5.75 Å². The molecule has 7 heteroatoms. The summed E-state index contributed by atoms with van der Waals surface area (Å²) in [5, 5.41) is 12.9. The van der Waals surface area contributed by atoms with E-state index in [1.807, 2.05) is 67.4 Å². The Morgan fingerprint density at radius 2 is 1.93 bits per heavy atom. The molecule has 2 aromatic carbocycles. The number of aromatic nitrogens is 4. The van der Waals surface area contributed by atoms with Crippen LogP contribution < -0.4 is 10.1 Å². The van der Waals surface area contributed by atoms with Gasteiger partial charge in [0, 0.05) is 29.7 Å². The Balaban J connectivity index is 1.89. The number of rotatable bonds is 2. The van der Waals surface area contributed by atoms with Crippen LogP contribution >= 0.6 is 0 Å². The van der Waals surface area contributed by atoms with Crippen LogP contribution in [0.4, 0.5) is 10.1 Å². The van der Waals surface area contributed by atoms with E-state index in [2.05, 4.69) is 15.5 Å². The van der Waals surface area contributed by atoms with Crippen LogP contribution in [0.1, 0.15) is 25.5 Å². The number of benzene rings is 2. The molecule has 29 heavy (non-hydrogen) atoms. The summed E-state index contributed by atoms with van der Waals surface area (Å²) < 4.78 is 25.2. The first-order valence-electron chi connectivity index (χ1n) is 9.49. The Bertz CT molecular complexity index is 1280. The molecule has 0 aliphatic carbocycles. The molecule has 0 amide bonds. The second-order valence-electron chi connectivity index (χ2n) is 7.98.